The third kappa shape index (κ3) is 3.00. The molecule has 1 aromatic heterocycles. The number of sulfonamides is 1. The second-order valence-corrected chi connectivity index (χ2v) is 8.33. The molecule has 1 fully saturated rings. The van der Waals surface area contributed by atoms with Crippen molar-refractivity contribution in [2.24, 2.45) is 0 Å². The van der Waals surface area contributed by atoms with Gasteiger partial charge in [0.15, 0.2) is 0 Å². The Hall–Kier alpha value is -1.31. The fourth-order valence-electron chi connectivity index (χ4n) is 2.58. The zero-order chi connectivity index (χ0) is 14.9. The van der Waals surface area contributed by atoms with Crippen LogP contribution < -0.4 is 0 Å². The van der Waals surface area contributed by atoms with Gasteiger partial charge < -0.3 is 0 Å². The van der Waals surface area contributed by atoms with E-state index in [9.17, 15) is 8.42 Å². The highest BCUT2D eigenvalue weighted by Gasteiger charge is 2.32. The summed E-state index contributed by atoms with van der Waals surface area (Å²) < 4.78 is 26.9. The van der Waals surface area contributed by atoms with Crippen LogP contribution in [0.5, 0.6) is 0 Å². The Balaban J connectivity index is 1.83. The largest absolute Gasteiger partial charge is 0.243 e. The zero-order valence-electron chi connectivity index (χ0n) is 11.8. The van der Waals surface area contributed by atoms with Gasteiger partial charge in [0.1, 0.15) is 10.0 Å². The second kappa shape index (κ2) is 5.82. The Bertz CT molecular complexity index is 713. The molecule has 2 aromatic rings. The molecule has 0 N–H and O–H groups in total. The van der Waals surface area contributed by atoms with Crippen molar-refractivity contribution < 1.29 is 8.42 Å². The lowest BCUT2D eigenvalue weighted by Crippen LogP contribution is -2.39. The molecule has 112 valence electrons. The lowest BCUT2D eigenvalue weighted by molar-refractivity contribution is 0.314. The van der Waals surface area contributed by atoms with Crippen molar-refractivity contribution in [3.63, 3.8) is 0 Å². The number of nitrogens with zero attached hydrogens (tertiary/aromatic N) is 3. The van der Waals surface area contributed by atoms with Crippen LogP contribution in [0.3, 0.4) is 0 Å². The van der Waals surface area contributed by atoms with Gasteiger partial charge in [-0.3, -0.25) is 0 Å². The predicted molar refractivity (Wildman–Crippen MR) is 81.8 cm³/mol. The summed E-state index contributed by atoms with van der Waals surface area (Å²) in [7, 11) is -3.41. The van der Waals surface area contributed by atoms with E-state index < -0.39 is 10.0 Å². The Morgan fingerprint density at radius 3 is 2.67 bits per heavy atom. The van der Waals surface area contributed by atoms with Crippen molar-refractivity contribution in [3.8, 4) is 0 Å². The molecule has 0 saturated carbocycles. The lowest BCUT2D eigenvalue weighted by atomic mass is 10.0. The Labute approximate surface area is 128 Å². The molecule has 0 spiro atoms. The van der Waals surface area contributed by atoms with E-state index in [1.165, 1.54) is 0 Å². The Morgan fingerprint density at radius 2 is 2.00 bits per heavy atom. The normalized spacial score (nSPS) is 20.5. The van der Waals surface area contributed by atoms with Gasteiger partial charge >= 0.3 is 0 Å². The highest BCUT2D eigenvalue weighted by molar-refractivity contribution is 7.89. The van der Waals surface area contributed by atoms with Crippen molar-refractivity contribution >= 4 is 21.4 Å². The molecule has 1 aromatic carbocycles. The van der Waals surface area contributed by atoms with Gasteiger partial charge in [-0.25, -0.2) is 8.42 Å². The summed E-state index contributed by atoms with van der Waals surface area (Å²) in [6, 6.07) is 8.62. The number of hydrogen-bond donors (Lipinski definition) is 0. The number of piperidine rings is 1. The first-order chi connectivity index (χ1) is 10.1. The molecule has 3 rings (SSSR count). The molecule has 7 heteroatoms. The fourth-order valence-corrected chi connectivity index (χ4v) is 4.95. The first kappa shape index (κ1) is 14.6. The van der Waals surface area contributed by atoms with E-state index in [-0.39, 0.29) is 5.92 Å². The minimum absolute atomic E-state index is 0.156. The summed E-state index contributed by atoms with van der Waals surface area (Å²) in [5, 5.41) is 10.1. The maximum atomic E-state index is 12.7. The van der Waals surface area contributed by atoms with E-state index in [4.69, 9.17) is 0 Å². The van der Waals surface area contributed by atoms with Crippen molar-refractivity contribution in [2.45, 2.75) is 30.6 Å². The molecule has 0 bridgehead atoms. The average Bonchev–Trinajstić information content (AvgIpc) is 2.95. The number of aromatic nitrogens is 2. The van der Waals surface area contributed by atoms with Gasteiger partial charge in [-0.2, -0.15) is 4.31 Å². The molecule has 0 radical (unpaired) electrons. The van der Waals surface area contributed by atoms with Crippen molar-refractivity contribution in [2.75, 3.05) is 13.1 Å². The summed E-state index contributed by atoms with van der Waals surface area (Å²) in [4.78, 5) is 0.360. The highest BCUT2D eigenvalue weighted by Crippen LogP contribution is 2.31. The molecular weight excluding hydrogens is 306 g/mol. The first-order valence-electron chi connectivity index (χ1n) is 6.92. The van der Waals surface area contributed by atoms with Crippen molar-refractivity contribution in [1.29, 1.82) is 0 Å². The van der Waals surface area contributed by atoms with Crippen LogP contribution in [-0.2, 0) is 10.0 Å². The standard InChI is InChI=1S/C14H17N3O2S2/c1-11-15-16-14(20-11)12-6-5-9-17(10-12)21(18,19)13-7-3-2-4-8-13/h2-4,7-8,12H,5-6,9-10H2,1H3. The monoisotopic (exact) mass is 323 g/mol. The summed E-state index contributed by atoms with van der Waals surface area (Å²) in [6.45, 7) is 2.99. The van der Waals surface area contributed by atoms with E-state index in [2.05, 4.69) is 10.2 Å². The molecule has 5 nitrogen and oxygen atoms in total. The summed E-state index contributed by atoms with van der Waals surface area (Å²) in [5.41, 5.74) is 0. The molecule has 0 aliphatic carbocycles. The number of hydrogen-bond acceptors (Lipinski definition) is 5. The predicted octanol–water partition coefficient (Wildman–Crippen LogP) is 2.41. The Kier molecular flexibility index (Phi) is 4.05. The van der Waals surface area contributed by atoms with Gasteiger partial charge in [-0.15, -0.1) is 21.5 Å². The quantitative estimate of drug-likeness (QED) is 0.870. The minimum Gasteiger partial charge on any atom is -0.207 e. The topological polar surface area (TPSA) is 63.2 Å². The molecule has 21 heavy (non-hydrogen) atoms. The Morgan fingerprint density at radius 1 is 1.24 bits per heavy atom. The molecule has 1 atom stereocenters. The van der Waals surface area contributed by atoms with E-state index in [0.29, 0.717) is 18.0 Å². The average molecular weight is 323 g/mol. The van der Waals surface area contributed by atoms with Gasteiger partial charge in [0, 0.05) is 19.0 Å². The van der Waals surface area contributed by atoms with Crippen LogP contribution in [0.25, 0.3) is 0 Å². The maximum Gasteiger partial charge on any atom is 0.243 e. The fraction of sp³-hybridized carbons (Fsp3) is 0.429. The number of benzene rings is 1. The van der Waals surface area contributed by atoms with Crippen LogP contribution in [0.2, 0.25) is 0 Å². The molecule has 1 aliphatic heterocycles. The molecule has 1 saturated heterocycles. The lowest BCUT2D eigenvalue weighted by Gasteiger charge is -2.30. The summed E-state index contributed by atoms with van der Waals surface area (Å²) in [6.07, 6.45) is 1.82. The van der Waals surface area contributed by atoms with Crippen LogP contribution in [0.1, 0.15) is 28.8 Å². The van der Waals surface area contributed by atoms with Gasteiger partial charge in [-0.05, 0) is 31.9 Å². The van der Waals surface area contributed by atoms with Gasteiger partial charge in [-0.1, -0.05) is 18.2 Å². The molecule has 1 aliphatic rings. The van der Waals surface area contributed by atoms with E-state index >= 15 is 0 Å². The van der Waals surface area contributed by atoms with E-state index in [1.54, 1.807) is 39.9 Å². The molecular formula is C14H17N3O2S2. The SMILES string of the molecule is Cc1nnc(C2CCCN(S(=O)(=O)c3ccccc3)C2)s1. The third-order valence-electron chi connectivity index (χ3n) is 3.66. The van der Waals surface area contributed by atoms with E-state index in [1.807, 2.05) is 13.0 Å². The van der Waals surface area contributed by atoms with Crippen LogP contribution in [0.15, 0.2) is 35.2 Å². The van der Waals surface area contributed by atoms with Gasteiger partial charge in [0.05, 0.1) is 4.90 Å². The highest BCUT2D eigenvalue weighted by atomic mass is 32.2. The van der Waals surface area contributed by atoms with Gasteiger partial charge in [0.25, 0.3) is 0 Å². The number of aryl methyl sites for hydroxylation is 1. The van der Waals surface area contributed by atoms with Crippen LogP contribution in [0.4, 0.5) is 0 Å². The smallest absolute Gasteiger partial charge is 0.207 e. The summed E-state index contributed by atoms with van der Waals surface area (Å²) >= 11 is 1.56. The second-order valence-electron chi connectivity index (χ2n) is 5.17. The number of rotatable bonds is 3. The van der Waals surface area contributed by atoms with Crippen molar-refractivity contribution in [1.82, 2.24) is 14.5 Å². The van der Waals surface area contributed by atoms with Crippen LogP contribution in [0, 0.1) is 6.92 Å². The summed E-state index contributed by atoms with van der Waals surface area (Å²) in [5.74, 6) is 0.156. The first-order valence-corrected chi connectivity index (χ1v) is 9.18. The van der Waals surface area contributed by atoms with E-state index in [0.717, 1.165) is 22.9 Å². The van der Waals surface area contributed by atoms with Crippen LogP contribution in [-0.4, -0.2) is 36.0 Å². The maximum absolute atomic E-state index is 12.7. The molecule has 2 heterocycles. The van der Waals surface area contributed by atoms with Crippen molar-refractivity contribution in [3.05, 3.63) is 40.3 Å². The molecule has 0 amide bonds. The van der Waals surface area contributed by atoms with Crippen LogP contribution >= 0.6 is 11.3 Å². The van der Waals surface area contributed by atoms with Gasteiger partial charge in [0.2, 0.25) is 10.0 Å². The zero-order valence-corrected chi connectivity index (χ0v) is 13.4. The third-order valence-corrected chi connectivity index (χ3v) is 6.54. The minimum atomic E-state index is -3.41. The molecule has 1 unspecified atom stereocenters.